The van der Waals surface area contributed by atoms with E-state index in [1.54, 1.807) is 24.5 Å². The van der Waals surface area contributed by atoms with Crippen LogP contribution in [0.4, 0.5) is 0 Å². The first-order valence-electron chi connectivity index (χ1n) is 9.25. The van der Waals surface area contributed by atoms with Crippen LogP contribution in [-0.2, 0) is 0 Å². The molecule has 0 saturated carbocycles. The van der Waals surface area contributed by atoms with Crippen molar-refractivity contribution < 1.29 is 4.79 Å². The Kier molecular flexibility index (Phi) is 3.94. The molecule has 3 atom stereocenters. The summed E-state index contributed by atoms with van der Waals surface area (Å²) in [6, 6.07) is 17.1. The molecule has 3 aliphatic rings. The molecular formula is C22H20N4O. The van der Waals surface area contributed by atoms with Gasteiger partial charge in [-0.3, -0.25) is 14.8 Å². The van der Waals surface area contributed by atoms with Crippen LogP contribution in [0.5, 0.6) is 0 Å². The third-order valence-electron chi connectivity index (χ3n) is 5.65. The molecule has 1 unspecified atom stereocenters. The summed E-state index contributed by atoms with van der Waals surface area (Å²) in [6.45, 7) is 1.49. The highest BCUT2D eigenvalue weighted by Crippen LogP contribution is 2.37. The van der Waals surface area contributed by atoms with Gasteiger partial charge in [0.2, 0.25) is 0 Å². The van der Waals surface area contributed by atoms with E-state index < -0.39 is 0 Å². The molecule has 0 radical (unpaired) electrons. The first kappa shape index (κ1) is 16.1. The Morgan fingerprint density at radius 2 is 1.37 bits per heavy atom. The predicted molar refractivity (Wildman–Crippen MR) is 103 cm³/mol. The van der Waals surface area contributed by atoms with Crippen LogP contribution in [0, 0.1) is 0 Å². The standard InChI is InChI=1S/C22H20N4O/c27-22(18-7-11-24-12-8-18)26-13-19-21(20(14-26)25-19)17-3-1-15(2-4-17)16-5-9-23-10-6-16/h1-12,19-21,25H,13-14H2/t19-,20+,21?. The van der Waals surface area contributed by atoms with Crippen molar-refractivity contribution in [1.82, 2.24) is 20.2 Å². The molecule has 1 amide bonds. The number of amides is 1. The molecule has 0 aliphatic carbocycles. The third kappa shape index (κ3) is 2.90. The van der Waals surface area contributed by atoms with Gasteiger partial charge in [-0.05, 0) is 41.0 Å². The van der Waals surface area contributed by atoms with E-state index >= 15 is 0 Å². The van der Waals surface area contributed by atoms with E-state index in [4.69, 9.17) is 0 Å². The minimum absolute atomic E-state index is 0.0976. The van der Waals surface area contributed by atoms with E-state index in [2.05, 4.69) is 39.6 Å². The van der Waals surface area contributed by atoms with Gasteiger partial charge in [-0.25, -0.2) is 0 Å². The zero-order chi connectivity index (χ0) is 18.2. The summed E-state index contributed by atoms with van der Waals surface area (Å²) < 4.78 is 0. The maximum Gasteiger partial charge on any atom is 0.254 e. The van der Waals surface area contributed by atoms with Crippen molar-refractivity contribution in [3.63, 3.8) is 0 Å². The molecule has 2 aromatic heterocycles. The van der Waals surface area contributed by atoms with E-state index in [0.717, 1.165) is 13.1 Å². The molecule has 5 nitrogen and oxygen atoms in total. The molecule has 1 aromatic carbocycles. The molecule has 6 rings (SSSR count). The topological polar surface area (TPSA) is 58.1 Å². The van der Waals surface area contributed by atoms with Gasteiger partial charge in [0.05, 0.1) is 0 Å². The Hall–Kier alpha value is -3.05. The number of nitrogens with zero attached hydrogens (tertiary/aromatic N) is 3. The van der Waals surface area contributed by atoms with E-state index in [9.17, 15) is 4.79 Å². The molecule has 1 N–H and O–H groups in total. The smallest absolute Gasteiger partial charge is 0.254 e. The number of fused-ring (bicyclic) bond motifs is 2. The van der Waals surface area contributed by atoms with Crippen LogP contribution >= 0.6 is 0 Å². The number of rotatable bonds is 3. The number of aromatic nitrogens is 2. The molecule has 5 heterocycles. The maximum absolute atomic E-state index is 12.7. The van der Waals surface area contributed by atoms with E-state index in [1.807, 2.05) is 29.4 Å². The second kappa shape index (κ2) is 6.59. The molecule has 3 aromatic rings. The number of nitrogens with one attached hydrogen (secondary N) is 1. The number of benzene rings is 1. The molecule has 3 aliphatic heterocycles. The zero-order valence-corrected chi connectivity index (χ0v) is 14.8. The Morgan fingerprint density at radius 3 is 2.00 bits per heavy atom. The second-order valence-electron chi connectivity index (χ2n) is 7.21. The van der Waals surface area contributed by atoms with Crippen molar-refractivity contribution in [1.29, 1.82) is 0 Å². The lowest BCUT2D eigenvalue weighted by Crippen LogP contribution is -2.72. The van der Waals surface area contributed by atoms with Crippen LogP contribution in [0.1, 0.15) is 21.8 Å². The summed E-state index contributed by atoms with van der Waals surface area (Å²) in [7, 11) is 0. The van der Waals surface area contributed by atoms with Crippen LogP contribution in [0.15, 0.2) is 73.3 Å². The highest BCUT2D eigenvalue weighted by atomic mass is 16.2. The van der Waals surface area contributed by atoms with Crippen molar-refractivity contribution in [3.8, 4) is 11.1 Å². The Morgan fingerprint density at radius 1 is 0.815 bits per heavy atom. The number of piperidine rings is 1. The van der Waals surface area contributed by atoms with Gasteiger partial charge in [0.1, 0.15) is 0 Å². The van der Waals surface area contributed by atoms with Crippen molar-refractivity contribution in [2.75, 3.05) is 13.1 Å². The molecule has 27 heavy (non-hydrogen) atoms. The predicted octanol–water partition coefficient (Wildman–Crippen LogP) is 2.72. The number of carbonyl (C=O) groups excluding carboxylic acids is 1. The van der Waals surface area contributed by atoms with Crippen molar-refractivity contribution in [2.24, 2.45) is 0 Å². The van der Waals surface area contributed by atoms with Crippen LogP contribution in [0.25, 0.3) is 11.1 Å². The first-order chi connectivity index (χ1) is 13.3. The summed E-state index contributed by atoms with van der Waals surface area (Å²) in [5.74, 6) is 0.568. The fraction of sp³-hybridized carbons (Fsp3) is 0.227. The first-order valence-corrected chi connectivity index (χ1v) is 9.25. The van der Waals surface area contributed by atoms with Crippen LogP contribution in [-0.4, -0.2) is 45.9 Å². The molecule has 5 heteroatoms. The lowest BCUT2D eigenvalue weighted by Gasteiger charge is -2.54. The van der Waals surface area contributed by atoms with Crippen LogP contribution < -0.4 is 5.32 Å². The summed E-state index contributed by atoms with van der Waals surface area (Å²) in [6.07, 6.45) is 6.97. The Labute approximate surface area is 158 Å². The molecular weight excluding hydrogens is 336 g/mol. The summed E-state index contributed by atoms with van der Waals surface area (Å²) in [5.41, 5.74) is 4.44. The van der Waals surface area contributed by atoms with Gasteiger partial charge < -0.3 is 10.2 Å². The van der Waals surface area contributed by atoms with Crippen molar-refractivity contribution >= 4 is 5.91 Å². The Bertz CT molecular complexity index is 931. The van der Waals surface area contributed by atoms with Crippen molar-refractivity contribution in [3.05, 3.63) is 84.4 Å². The molecule has 3 fully saturated rings. The van der Waals surface area contributed by atoms with Crippen LogP contribution in [0.2, 0.25) is 0 Å². The number of hydrogen-bond donors (Lipinski definition) is 1. The summed E-state index contributed by atoms with van der Waals surface area (Å²) >= 11 is 0. The van der Waals surface area contributed by atoms with E-state index in [0.29, 0.717) is 23.6 Å². The maximum atomic E-state index is 12.7. The average molecular weight is 356 g/mol. The number of carbonyl (C=O) groups is 1. The van der Waals surface area contributed by atoms with Crippen molar-refractivity contribution in [2.45, 2.75) is 18.0 Å². The minimum atomic E-state index is 0.0976. The average Bonchev–Trinajstić information content (AvgIpc) is 2.75. The summed E-state index contributed by atoms with van der Waals surface area (Å²) in [4.78, 5) is 22.7. The number of piperazine rings is 1. The Balaban J connectivity index is 1.30. The lowest BCUT2D eigenvalue weighted by atomic mass is 9.74. The van der Waals surface area contributed by atoms with E-state index in [1.165, 1.54) is 16.7 Å². The second-order valence-corrected chi connectivity index (χ2v) is 7.21. The van der Waals surface area contributed by atoms with Gasteiger partial charge in [0, 0.05) is 61.4 Å². The monoisotopic (exact) mass is 356 g/mol. The molecule has 0 spiro atoms. The lowest BCUT2D eigenvalue weighted by molar-refractivity contribution is 0.0367. The van der Waals surface area contributed by atoms with Crippen LogP contribution in [0.3, 0.4) is 0 Å². The fourth-order valence-electron chi connectivity index (χ4n) is 4.28. The highest BCUT2D eigenvalue weighted by molar-refractivity contribution is 5.94. The third-order valence-corrected chi connectivity index (χ3v) is 5.65. The fourth-order valence-corrected chi connectivity index (χ4v) is 4.28. The highest BCUT2D eigenvalue weighted by Gasteiger charge is 2.48. The van der Waals surface area contributed by atoms with Gasteiger partial charge in [0.15, 0.2) is 0 Å². The molecule has 2 bridgehead atoms. The SMILES string of the molecule is O=C(c1ccncc1)N1C[C@@H]2N[C@H](C1)C2c1ccc(-c2ccncc2)cc1. The number of hydrogen-bond acceptors (Lipinski definition) is 4. The molecule has 3 saturated heterocycles. The van der Waals surface area contributed by atoms with Gasteiger partial charge in [-0.1, -0.05) is 24.3 Å². The molecule has 134 valence electrons. The largest absolute Gasteiger partial charge is 0.335 e. The van der Waals surface area contributed by atoms with Gasteiger partial charge in [-0.15, -0.1) is 0 Å². The zero-order valence-electron chi connectivity index (χ0n) is 14.8. The normalized spacial score (nSPS) is 23.6. The number of pyridine rings is 2. The van der Waals surface area contributed by atoms with E-state index in [-0.39, 0.29) is 5.91 Å². The minimum Gasteiger partial charge on any atom is -0.335 e. The van der Waals surface area contributed by atoms with Gasteiger partial charge in [-0.2, -0.15) is 0 Å². The van der Waals surface area contributed by atoms with Gasteiger partial charge in [0.25, 0.3) is 5.91 Å². The van der Waals surface area contributed by atoms with Gasteiger partial charge >= 0.3 is 0 Å². The quantitative estimate of drug-likeness (QED) is 0.784. The summed E-state index contributed by atoms with van der Waals surface area (Å²) in [5, 5.41) is 3.60.